The lowest BCUT2D eigenvalue weighted by atomic mass is 10.1. The van der Waals surface area contributed by atoms with Crippen LogP contribution in [0.5, 0.6) is 11.5 Å². The maximum absolute atomic E-state index is 14.0. The van der Waals surface area contributed by atoms with Crippen LogP contribution in [-0.2, 0) is 16.0 Å². The zero-order valence-electron chi connectivity index (χ0n) is 14.3. The first-order valence-corrected chi connectivity index (χ1v) is 8.73. The molecule has 1 atom stereocenters. The van der Waals surface area contributed by atoms with Gasteiger partial charge >= 0.3 is 0 Å². The normalized spacial score (nSPS) is 18.8. The second-order valence-corrected chi connectivity index (χ2v) is 6.41. The number of hydrogen-bond donors (Lipinski definition) is 0. The van der Waals surface area contributed by atoms with Crippen LogP contribution in [0, 0.1) is 5.82 Å². The van der Waals surface area contributed by atoms with E-state index >= 15 is 0 Å². The topological polar surface area (TPSA) is 48.0 Å². The number of carbonyl (C=O) groups excluding carboxylic acids is 1. The molecular weight excluding hydrogens is 337 g/mol. The molecule has 136 valence electrons. The lowest BCUT2D eigenvalue weighted by Gasteiger charge is -2.33. The summed E-state index contributed by atoms with van der Waals surface area (Å²) in [5, 5.41) is 0. The van der Waals surface area contributed by atoms with E-state index in [0.29, 0.717) is 38.1 Å². The van der Waals surface area contributed by atoms with Gasteiger partial charge in [-0.2, -0.15) is 0 Å². The van der Waals surface area contributed by atoms with Crippen LogP contribution in [0.3, 0.4) is 0 Å². The molecule has 0 aromatic heterocycles. The summed E-state index contributed by atoms with van der Waals surface area (Å²) in [6.07, 6.45) is 0.598. The minimum absolute atomic E-state index is 0.0484. The van der Waals surface area contributed by atoms with Crippen molar-refractivity contribution in [3.63, 3.8) is 0 Å². The third kappa shape index (κ3) is 3.51. The standard InChI is InChI=1S/C20H20FNO4/c21-16-4-2-1-3-15(16)19-12-22(9-10-24-19)20(23)8-6-14-5-7-17-18(11-14)26-13-25-17/h1-5,7,11,19H,6,8-10,12-13H2. The summed E-state index contributed by atoms with van der Waals surface area (Å²) in [6.45, 7) is 1.56. The zero-order valence-corrected chi connectivity index (χ0v) is 14.3. The molecular formula is C20H20FNO4. The fourth-order valence-electron chi connectivity index (χ4n) is 3.31. The van der Waals surface area contributed by atoms with E-state index in [1.165, 1.54) is 6.07 Å². The number of aryl methyl sites for hydroxylation is 1. The van der Waals surface area contributed by atoms with Crippen LogP contribution in [0.25, 0.3) is 0 Å². The number of benzene rings is 2. The number of ether oxygens (including phenoxy) is 3. The number of hydrogen-bond acceptors (Lipinski definition) is 4. The van der Waals surface area contributed by atoms with Crippen molar-refractivity contribution < 1.29 is 23.4 Å². The van der Waals surface area contributed by atoms with Gasteiger partial charge in [0.05, 0.1) is 13.2 Å². The van der Waals surface area contributed by atoms with Crippen molar-refractivity contribution in [1.82, 2.24) is 4.90 Å². The fourth-order valence-corrected chi connectivity index (χ4v) is 3.31. The van der Waals surface area contributed by atoms with E-state index in [4.69, 9.17) is 14.2 Å². The van der Waals surface area contributed by atoms with Gasteiger partial charge in [0.25, 0.3) is 0 Å². The van der Waals surface area contributed by atoms with E-state index in [1.807, 2.05) is 18.2 Å². The number of nitrogens with zero attached hydrogens (tertiary/aromatic N) is 1. The van der Waals surface area contributed by atoms with E-state index in [9.17, 15) is 9.18 Å². The van der Waals surface area contributed by atoms with Crippen molar-refractivity contribution in [2.24, 2.45) is 0 Å². The third-order valence-corrected chi connectivity index (χ3v) is 4.74. The second-order valence-electron chi connectivity index (χ2n) is 6.41. The molecule has 0 saturated carbocycles. The predicted octanol–water partition coefficient (Wildman–Crippen LogP) is 3.09. The van der Waals surface area contributed by atoms with Gasteiger partial charge in [-0.05, 0) is 30.2 Å². The number of rotatable bonds is 4. The van der Waals surface area contributed by atoms with Crippen molar-refractivity contribution in [2.75, 3.05) is 26.5 Å². The maximum atomic E-state index is 14.0. The average Bonchev–Trinajstić information content (AvgIpc) is 3.14. The van der Waals surface area contributed by atoms with Crippen LogP contribution in [0.2, 0.25) is 0 Å². The Morgan fingerprint density at radius 1 is 1.15 bits per heavy atom. The van der Waals surface area contributed by atoms with Gasteiger partial charge in [-0.25, -0.2) is 4.39 Å². The van der Waals surface area contributed by atoms with Crippen LogP contribution in [0.1, 0.15) is 23.7 Å². The summed E-state index contributed by atoms with van der Waals surface area (Å²) in [4.78, 5) is 14.3. The number of amides is 1. The monoisotopic (exact) mass is 357 g/mol. The van der Waals surface area contributed by atoms with Gasteiger partial charge in [0.15, 0.2) is 11.5 Å². The summed E-state index contributed by atoms with van der Waals surface area (Å²) in [5.41, 5.74) is 1.53. The first-order chi connectivity index (χ1) is 12.7. The molecule has 1 amide bonds. The van der Waals surface area contributed by atoms with Crippen LogP contribution in [0.15, 0.2) is 42.5 Å². The van der Waals surface area contributed by atoms with Crippen LogP contribution < -0.4 is 9.47 Å². The van der Waals surface area contributed by atoms with E-state index in [0.717, 1.165) is 17.1 Å². The van der Waals surface area contributed by atoms with Crippen molar-refractivity contribution in [3.8, 4) is 11.5 Å². The smallest absolute Gasteiger partial charge is 0.231 e. The highest BCUT2D eigenvalue weighted by atomic mass is 19.1. The van der Waals surface area contributed by atoms with Crippen LogP contribution in [0.4, 0.5) is 4.39 Å². The SMILES string of the molecule is O=C(CCc1ccc2c(c1)OCO2)N1CCOC(c2ccccc2F)C1. The molecule has 1 fully saturated rings. The molecule has 2 aromatic carbocycles. The molecule has 2 aliphatic rings. The zero-order chi connectivity index (χ0) is 17.9. The summed E-state index contributed by atoms with van der Waals surface area (Å²) < 4.78 is 30.3. The van der Waals surface area contributed by atoms with Gasteiger partial charge in [0.2, 0.25) is 12.7 Å². The van der Waals surface area contributed by atoms with Gasteiger partial charge in [-0.1, -0.05) is 24.3 Å². The van der Waals surface area contributed by atoms with Gasteiger partial charge in [-0.15, -0.1) is 0 Å². The predicted molar refractivity (Wildman–Crippen MR) is 92.6 cm³/mol. The Bertz CT molecular complexity index is 810. The van der Waals surface area contributed by atoms with E-state index in [2.05, 4.69) is 0 Å². The van der Waals surface area contributed by atoms with Gasteiger partial charge in [0, 0.05) is 18.5 Å². The molecule has 0 radical (unpaired) electrons. The van der Waals surface area contributed by atoms with Crippen LogP contribution >= 0.6 is 0 Å². The molecule has 6 heteroatoms. The molecule has 0 bridgehead atoms. The average molecular weight is 357 g/mol. The van der Waals surface area contributed by atoms with Crippen molar-refractivity contribution in [2.45, 2.75) is 18.9 Å². The largest absolute Gasteiger partial charge is 0.454 e. The Morgan fingerprint density at radius 2 is 2.00 bits per heavy atom. The molecule has 5 nitrogen and oxygen atoms in total. The number of halogens is 1. The summed E-state index contributed by atoms with van der Waals surface area (Å²) in [7, 11) is 0. The Labute approximate surface area is 151 Å². The maximum Gasteiger partial charge on any atom is 0.231 e. The number of fused-ring (bicyclic) bond motifs is 1. The summed E-state index contributed by atoms with van der Waals surface area (Å²) >= 11 is 0. The minimum Gasteiger partial charge on any atom is -0.454 e. The summed E-state index contributed by atoms with van der Waals surface area (Å²) in [5.74, 6) is 1.21. The van der Waals surface area contributed by atoms with E-state index in [-0.39, 0.29) is 18.5 Å². The highest BCUT2D eigenvalue weighted by Gasteiger charge is 2.27. The van der Waals surface area contributed by atoms with E-state index in [1.54, 1.807) is 23.1 Å². The molecule has 2 heterocycles. The van der Waals surface area contributed by atoms with Gasteiger partial charge in [-0.3, -0.25) is 4.79 Å². The first kappa shape index (κ1) is 16.8. The Morgan fingerprint density at radius 3 is 2.88 bits per heavy atom. The molecule has 0 N–H and O–H groups in total. The number of carbonyl (C=O) groups is 1. The van der Waals surface area contributed by atoms with Crippen molar-refractivity contribution in [1.29, 1.82) is 0 Å². The molecule has 0 aliphatic carbocycles. The fraction of sp³-hybridized carbons (Fsp3) is 0.350. The highest BCUT2D eigenvalue weighted by molar-refractivity contribution is 5.76. The van der Waals surface area contributed by atoms with Gasteiger partial charge < -0.3 is 19.1 Å². The lowest BCUT2D eigenvalue weighted by molar-refractivity contribution is -0.139. The van der Waals surface area contributed by atoms with Crippen molar-refractivity contribution in [3.05, 3.63) is 59.4 Å². The molecule has 0 spiro atoms. The lowest BCUT2D eigenvalue weighted by Crippen LogP contribution is -2.42. The van der Waals surface area contributed by atoms with E-state index < -0.39 is 6.10 Å². The highest BCUT2D eigenvalue weighted by Crippen LogP contribution is 2.33. The Hall–Kier alpha value is -2.60. The summed E-state index contributed by atoms with van der Waals surface area (Å²) in [6, 6.07) is 12.3. The second kappa shape index (κ2) is 7.33. The quantitative estimate of drug-likeness (QED) is 0.844. The first-order valence-electron chi connectivity index (χ1n) is 8.73. The van der Waals surface area contributed by atoms with Crippen molar-refractivity contribution >= 4 is 5.91 Å². The molecule has 2 aliphatic heterocycles. The molecule has 26 heavy (non-hydrogen) atoms. The molecule has 1 unspecified atom stereocenters. The minimum atomic E-state index is -0.417. The molecule has 4 rings (SSSR count). The third-order valence-electron chi connectivity index (χ3n) is 4.74. The Kier molecular flexibility index (Phi) is 4.75. The Balaban J connectivity index is 1.36. The molecule has 1 saturated heterocycles. The van der Waals surface area contributed by atoms with Crippen LogP contribution in [-0.4, -0.2) is 37.3 Å². The molecule has 2 aromatic rings. The van der Waals surface area contributed by atoms with Gasteiger partial charge in [0.1, 0.15) is 11.9 Å². The number of morpholine rings is 1.